The Morgan fingerprint density at radius 1 is 1.20 bits per heavy atom. The predicted octanol–water partition coefficient (Wildman–Crippen LogP) is 2.64. The van der Waals surface area contributed by atoms with E-state index in [0.717, 1.165) is 5.56 Å². The van der Waals surface area contributed by atoms with Gasteiger partial charge in [-0.3, -0.25) is 0 Å². The molecule has 0 atom stereocenters. The minimum atomic E-state index is -4.43. The van der Waals surface area contributed by atoms with Gasteiger partial charge in [-0.25, -0.2) is 0 Å². The van der Waals surface area contributed by atoms with Crippen LogP contribution in [0.1, 0.15) is 5.56 Å². The van der Waals surface area contributed by atoms with E-state index < -0.39 is 6.18 Å². The lowest BCUT2D eigenvalue weighted by atomic mass is 10.2. The summed E-state index contributed by atoms with van der Waals surface area (Å²) in [6.07, 6.45) is -4.43. The highest BCUT2D eigenvalue weighted by molar-refractivity contribution is 5.15. The molecule has 0 bridgehead atoms. The summed E-state index contributed by atoms with van der Waals surface area (Å²) < 4.78 is 35.3. The number of hydrogen-bond acceptors (Lipinski definition) is 1. The van der Waals surface area contributed by atoms with E-state index in [2.05, 4.69) is 0 Å². The summed E-state index contributed by atoms with van der Waals surface area (Å²) in [6, 6.07) is 11.2. The van der Waals surface area contributed by atoms with Crippen LogP contribution in [0.5, 0.6) is 0 Å². The van der Waals surface area contributed by atoms with Gasteiger partial charge in [-0.15, -0.1) is 0 Å². The molecular formula is C11H10F3N. The topological polar surface area (TPSA) is 3.24 Å². The highest BCUT2D eigenvalue weighted by Crippen LogP contribution is 2.12. The molecule has 0 unspecified atom stereocenters. The minimum absolute atomic E-state index is 0.379. The average Bonchev–Trinajstić information content (AvgIpc) is 2.15. The summed E-state index contributed by atoms with van der Waals surface area (Å²) in [6.45, 7) is 0.379. The molecule has 15 heavy (non-hydrogen) atoms. The van der Waals surface area contributed by atoms with Crippen molar-refractivity contribution in [1.82, 2.24) is 4.90 Å². The van der Waals surface area contributed by atoms with Crippen LogP contribution in [0, 0.1) is 12.0 Å². The van der Waals surface area contributed by atoms with Gasteiger partial charge in [0, 0.05) is 19.0 Å². The van der Waals surface area contributed by atoms with Gasteiger partial charge in [0.15, 0.2) is 0 Å². The number of hydrogen-bond donors (Lipinski definition) is 0. The maximum atomic E-state index is 11.8. The largest absolute Gasteiger partial charge is 0.459 e. The molecule has 0 aliphatic heterocycles. The van der Waals surface area contributed by atoms with Gasteiger partial charge < -0.3 is 4.90 Å². The monoisotopic (exact) mass is 213 g/mol. The van der Waals surface area contributed by atoms with Crippen molar-refractivity contribution < 1.29 is 13.2 Å². The molecule has 1 nitrogen and oxygen atoms in total. The third-order valence-corrected chi connectivity index (χ3v) is 1.65. The van der Waals surface area contributed by atoms with Crippen molar-refractivity contribution in [2.24, 2.45) is 0 Å². The van der Waals surface area contributed by atoms with Gasteiger partial charge in [-0.05, 0) is 5.56 Å². The molecule has 0 aromatic heterocycles. The van der Waals surface area contributed by atoms with Crippen LogP contribution in [-0.4, -0.2) is 18.1 Å². The van der Waals surface area contributed by atoms with Crippen LogP contribution in [0.4, 0.5) is 13.2 Å². The van der Waals surface area contributed by atoms with Crippen molar-refractivity contribution in [1.29, 1.82) is 0 Å². The maximum Gasteiger partial charge on any atom is 0.459 e. The first kappa shape index (κ1) is 11.4. The van der Waals surface area contributed by atoms with Gasteiger partial charge in [0.1, 0.15) is 0 Å². The van der Waals surface area contributed by atoms with Gasteiger partial charge in [0.25, 0.3) is 0 Å². The number of alkyl halides is 3. The van der Waals surface area contributed by atoms with E-state index in [0.29, 0.717) is 6.54 Å². The maximum absolute atomic E-state index is 11.8. The zero-order valence-corrected chi connectivity index (χ0v) is 8.17. The van der Waals surface area contributed by atoms with Crippen LogP contribution >= 0.6 is 0 Å². The molecule has 1 aromatic rings. The Morgan fingerprint density at radius 3 is 2.33 bits per heavy atom. The van der Waals surface area contributed by atoms with E-state index in [1.165, 1.54) is 17.9 Å². The first-order valence-corrected chi connectivity index (χ1v) is 4.32. The third kappa shape index (κ3) is 4.96. The Balaban J connectivity index is 2.56. The van der Waals surface area contributed by atoms with Crippen LogP contribution in [0.25, 0.3) is 0 Å². The van der Waals surface area contributed by atoms with Crippen LogP contribution in [0.3, 0.4) is 0 Å². The van der Waals surface area contributed by atoms with Gasteiger partial charge in [0.05, 0.1) is 6.54 Å². The third-order valence-electron chi connectivity index (χ3n) is 1.65. The average molecular weight is 213 g/mol. The van der Waals surface area contributed by atoms with Gasteiger partial charge in [0.2, 0.25) is 0 Å². The quantitative estimate of drug-likeness (QED) is 0.539. The molecule has 1 rings (SSSR count). The zero-order chi connectivity index (χ0) is 11.3. The van der Waals surface area contributed by atoms with Crippen molar-refractivity contribution in [3.05, 3.63) is 35.9 Å². The summed E-state index contributed by atoms with van der Waals surface area (Å²) in [4.78, 5) is 1.31. The fraction of sp³-hybridized carbons (Fsp3) is 0.273. The fourth-order valence-electron chi connectivity index (χ4n) is 1.06. The van der Waals surface area contributed by atoms with Crippen LogP contribution in [0.15, 0.2) is 30.3 Å². The van der Waals surface area contributed by atoms with E-state index in [1.807, 2.05) is 36.4 Å². The molecule has 0 N–H and O–H groups in total. The summed E-state index contributed by atoms with van der Waals surface area (Å²) in [7, 11) is 1.52. The van der Waals surface area contributed by atoms with E-state index in [1.54, 1.807) is 0 Å². The first-order chi connectivity index (χ1) is 6.97. The Labute approximate surface area is 86.5 Å². The first-order valence-electron chi connectivity index (χ1n) is 4.32. The summed E-state index contributed by atoms with van der Waals surface area (Å²) in [5, 5.41) is 0. The van der Waals surface area contributed by atoms with E-state index in [-0.39, 0.29) is 0 Å². The minimum Gasteiger partial charge on any atom is -0.331 e. The van der Waals surface area contributed by atoms with Crippen LogP contribution in [0.2, 0.25) is 0 Å². The smallest absolute Gasteiger partial charge is 0.331 e. The molecule has 0 radical (unpaired) electrons. The van der Waals surface area contributed by atoms with Gasteiger partial charge in [-0.2, -0.15) is 13.2 Å². The van der Waals surface area contributed by atoms with Crippen LogP contribution < -0.4 is 0 Å². The lowest BCUT2D eigenvalue weighted by Crippen LogP contribution is -2.12. The Kier molecular flexibility index (Phi) is 3.62. The second-order valence-electron chi connectivity index (χ2n) is 3.08. The van der Waals surface area contributed by atoms with Crippen LogP contribution in [-0.2, 0) is 6.54 Å². The molecule has 0 saturated carbocycles. The Morgan fingerprint density at radius 2 is 1.80 bits per heavy atom. The normalized spacial score (nSPS) is 10.4. The number of nitrogens with zero attached hydrogens (tertiary/aromatic N) is 1. The second kappa shape index (κ2) is 4.74. The number of halogens is 3. The molecule has 0 saturated heterocycles. The van der Waals surface area contributed by atoms with Gasteiger partial charge in [-0.1, -0.05) is 30.3 Å². The highest BCUT2D eigenvalue weighted by atomic mass is 19.4. The number of benzene rings is 1. The highest BCUT2D eigenvalue weighted by Gasteiger charge is 2.23. The summed E-state index contributed by atoms with van der Waals surface area (Å²) in [5.74, 6) is 1.22. The Bertz CT molecular complexity index is 359. The van der Waals surface area contributed by atoms with Gasteiger partial charge >= 0.3 is 6.18 Å². The molecule has 0 aliphatic rings. The lowest BCUT2D eigenvalue weighted by Gasteiger charge is -2.10. The van der Waals surface area contributed by atoms with Crippen molar-refractivity contribution in [2.75, 3.05) is 7.05 Å². The molecule has 0 fully saturated rings. The van der Waals surface area contributed by atoms with E-state index in [4.69, 9.17) is 0 Å². The molecular weight excluding hydrogens is 203 g/mol. The molecule has 0 aliphatic carbocycles. The Hall–Kier alpha value is -1.63. The zero-order valence-electron chi connectivity index (χ0n) is 8.17. The van der Waals surface area contributed by atoms with E-state index >= 15 is 0 Å². The summed E-state index contributed by atoms with van der Waals surface area (Å²) in [5.41, 5.74) is 0.927. The van der Waals surface area contributed by atoms with Crippen molar-refractivity contribution in [2.45, 2.75) is 12.7 Å². The number of rotatable bonds is 2. The molecule has 0 amide bonds. The molecule has 4 heteroatoms. The van der Waals surface area contributed by atoms with Crippen molar-refractivity contribution in [3.63, 3.8) is 0 Å². The lowest BCUT2D eigenvalue weighted by molar-refractivity contribution is -0.0700. The standard InChI is InChI=1S/C11H10F3N/c1-15(8-7-11(12,13)14)9-10-5-3-2-4-6-10/h2-6H,9H2,1H3. The molecule has 0 heterocycles. The SMILES string of the molecule is CN(C#CC(F)(F)F)Cc1ccccc1. The molecule has 80 valence electrons. The predicted molar refractivity (Wildman–Crippen MR) is 51.7 cm³/mol. The van der Waals surface area contributed by atoms with Crippen molar-refractivity contribution >= 4 is 0 Å². The second-order valence-corrected chi connectivity index (χ2v) is 3.08. The fourth-order valence-corrected chi connectivity index (χ4v) is 1.06. The molecule has 1 aromatic carbocycles. The summed E-state index contributed by atoms with van der Waals surface area (Å²) >= 11 is 0. The van der Waals surface area contributed by atoms with E-state index in [9.17, 15) is 13.2 Å². The van der Waals surface area contributed by atoms with Crippen molar-refractivity contribution in [3.8, 4) is 12.0 Å². The molecule has 0 spiro atoms.